The average molecular weight is 314 g/mol. The molecule has 0 radical (unpaired) electrons. The van der Waals surface area contributed by atoms with Gasteiger partial charge in [-0.3, -0.25) is 9.59 Å². The summed E-state index contributed by atoms with van der Waals surface area (Å²) in [6, 6.07) is 8.08. The highest BCUT2D eigenvalue weighted by atomic mass is 16.2. The summed E-state index contributed by atoms with van der Waals surface area (Å²) in [6.07, 6.45) is 5.41. The van der Waals surface area contributed by atoms with E-state index in [1.807, 2.05) is 30.1 Å². The standard InChI is InChI=1S/C19H26N2O2/c1-3-4-13-20(2)17(22)19(11-12-19)18(23)21-14-7-9-15-8-5-6-10-16(15)21/h5-6,8,10H,3-4,7,9,11-14H2,1-2H3. The van der Waals surface area contributed by atoms with Gasteiger partial charge in [-0.05, 0) is 43.7 Å². The summed E-state index contributed by atoms with van der Waals surface area (Å²) in [4.78, 5) is 29.6. The van der Waals surface area contributed by atoms with Crippen molar-refractivity contribution in [1.82, 2.24) is 4.90 Å². The molecule has 4 nitrogen and oxygen atoms in total. The van der Waals surface area contributed by atoms with E-state index >= 15 is 0 Å². The lowest BCUT2D eigenvalue weighted by atomic mass is 9.97. The first-order valence-electron chi connectivity index (χ1n) is 8.75. The van der Waals surface area contributed by atoms with Gasteiger partial charge in [-0.2, -0.15) is 0 Å². The van der Waals surface area contributed by atoms with E-state index in [4.69, 9.17) is 0 Å². The third-order valence-electron chi connectivity index (χ3n) is 5.12. The van der Waals surface area contributed by atoms with Crippen molar-refractivity contribution in [3.05, 3.63) is 29.8 Å². The molecular weight excluding hydrogens is 288 g/mol. The van der Waals surface area contributed by atoms with E-state index in [-0.39, 0.29) is 11.8 Å². The molecule has 1 aliphatic carbocycles. The molecule has 3 rings (SSSR count). The predicted octanol–water partition coefficient (Wildman–Crippen LogP) is 3.00. The number of aryl methyl sites for hydroxylation is 1. The van der Waals surface area contributed by atoms with Crippen LogP contribution in [0.2, 0.25) is 0 Å². The summed E-state index contributed by atoms with van der Waals surface area (Å²) < 4.78 is 0. The largest absolute Gasteiger partial charge is 0.345 e. The number of amides is 2. The molecule has 0 spiro atoms. The quantitative estimate of drug-likeness (QED) is 0.784. The minimum Gasteiger partial charge on any atom is -0.345 e. The lowest BCUT2D eigenvalue weighted by Crippen LogP contribution is -2.47. The SMILES string of the molecule is CCCCN(C)C(=O)C1(C(=O)N2CCCc3ccccc32)CC1. The van der Waals surface area contributed by atoms with Crippen LogP contribution in [0, 0.1) is 5.41 Å². The van der Waals surface area contributed by atoms with Gasteiger partial charge in [0.1, 0.15) is 5.41 Å². The van der Waals surface area contributed by atoms with Crippen LogP contribution in [0.4, 0.5) is 5.69 Å². The van der Waals surface area contributed by atoms with Crippen molar-refractivity contribution in [2.24, 2.45) is 5.41 Å². The number of nitrogens with zero attached hydrogens (tertiary/aromatic N) is 2. The molecule has 0 N–H and O–H groups in total. The molecule has 0 bridgehead atoms. The van der Waals surface area contributed by atoms with Crippen LogP contribution in [0.1, 0.15) is 44.6 Å². The summed E-state index contributed by atoms with van der Waals surface area (Å²) in [5.74, 6) is 0.0250. The second kappa shape index (κ2) is 6.34. The molecule has 0 unspecified atom stereocenters. The molecule has 0 aromatic heterocycles. The number of anilines is 1. The van der Waals surface area contributed by atoms with Crippen molar-refractivity contribution < 1.29 is 9.59 Å². The van der Waals surface area contributed by atoms with Crippen molar-refractivity contribution >= 4 is 17.5 Å². The maximum absolute atomic E-state index is 13.1. The molecule has 2 amide bonds. The van der Waals surface area contributed by atoms with Crippen LogP contribution in [0.3, 0.4) is 0 Å². The highest BCUT2D eigenvalue weighted by Gasteiger charge is 2.59. The van der Waals surface area contributed by atoms with Gasteiger partial charge in [-0.25, -0.2) is 0 Å². The van der Waals surface area contributed by atoms with Crippen LogP contribution in [0.15, 0.2) is 24.3 Å². The average Bonchev–Trinajstić information content (AvgIpc) is 3.39. The van der Waals surface area contributed by atoms with Crippen molar-refractivity contribution in [3.8, 4) is 0 Å². The van der Waals surface area contributed by atoms with Gasteiger partial charge in [0, 0.05) is 25.8 Å². The predicted molar refractivity (Wildman–Crippen MR) is 91.3 cm³/mol. The zero-order valence-corrected chi connectivity index (χ0v) is 14.2. The fourth-order valence-corrected chi connectivity index (χ4v) is 3.51. The Morgan fingerprint density at radius 3 is 2.70 bits per heavy atom. The molecule has 0 saturated heterocycles. The molecule has 1 aromatic rings. The van der Waals surface area contributed by atoms with Gasteiger partial charge in [0.2, 0.25) is 11.8 Å². The van der Waals surface area contributed by atoms with Crippen molar-refractivity contribution in [2.45, 2.75) is 45.4 Å². The van der Waals surface area contributed by atoms with Crippen LogP contribution >= 0.6 is 0 Å². The van der Waals surface area contributed by atoms with Gasteiger partial charge >= 0.3 is 0 Å². The summed E-state index contributed by atoms with van der Waals surface area (Å²) in [5.41, 5.74) is 1.43. The Labute approximate surface area is 138 Å². The zero-order chi connectivity index (χ0) is 16.4. The molecule has 1 fully saturated rings. The minimum atomic E-state index is -0.785. The van der Waals surface area contributed by atoms with Gasteiger partial charge in [0.25, 0.3) is 0 Å². The van der Waals surface area contributed by atoms with Crippen LogP contribution in [0.25, 0.3) is 0 Å². The first-order valence-corrected chi connectivity index (χ1v) is 8.75. The molecular formula is C19H26N2O2. The van der Waals surface area contributed by atoms with Crippen LogP contribution in [0.5, 0.6) is 0 Å². The second-order valence-corrected chi connectivity index (χ2v) is 6.85. The number of unbranched alkanes of at least 4 members (excludes halogenated alkanes) is 1. The summed E-state index contributed by atoms with van der Waals surface area (Å²) in [6.45, 7) is 3.57. The number of para-hydroxylation sites is 1. The Kier molecular flexibility index (Phi) is 4.42. The Morgan fingerprint density at radius 1 is 1.26 bits per heavy atom. The fraction of sp³-hybridized carbons (Fsp3) is 0.579. The number of fused-ring (bicyclic) bond motifs is 1. The van der Waals surface area contributed by atoms with E-state index in [2.05, 4.69) is 13.0 Å². The topological polar surface area (TPSA) is 40.6 Å². The number of benzene rings is 1. The minimum absolute atomic E-state index is 0.0120. The Bertz CT molecular complexity index is 607. The van der Waals surface area contributed by atoms with Crippen molar-refractivity contribution in [3.63, 3.8) is 0 Å². The molecule has 4 heteroatoms. The van der Waals surface area contributed by atoms with Gasteiger partial charge < -0.3 is 9.80 Å². The normalized spacial score (nSPS) is 18.3. The number of carbonyl (C=O) groups excluding carboxylic acids is 2. The molecule has 2 aliphatic rings. The van der Waals surface area contributed by atoms with Gasteiger partial charge in [0.15, 0.2) is 0 Å². The Hall–Kier alpha value is -1.84. The fourth-order valence-electron chi connectivity index (χ4n) is 3.51. The number of hydrogen-bond donors (Lipinski definition) is 0. The van der Waals surface area contributed by atoms with Gasteiger partial charge in [-0.15, -0.1) is 0 Å². The van der Waals surface area contributed by atoms with Crippen molar-refractivity contribution in [1.29, 1.82) is 0 Å². The molecule has 23 heavy (non-hydrogen) atoms. The smallest absolute Gasteiger partial charge is 0.242 e. The molecule has 0 atom stereocenters. The van der Waals surface area contributed by atoms with Crippen LogP contribution in [-0.4, -0.2) is 36.9 Å². The Morgan fingerprint density at radius 2 is 2.00 bits per heavy atom. The first kappa shape index (κ1) is 16.0. The summed E-state index contributed by atoms with van der Waals surface area (Å²) >= 11 is 0. The molecule has 1 aliphatic heterocycles. The molecule has 124 valence electrons. The molecule has 1 aromatic carbocycles. The van der Waals surface area contributed by atoms with E-state index < -0.39 is 5.41 Å². The zero-order valence-electron chi connectivity index (χ0n) is 14.2. The number of hydrogen-bond acceptors (Lipinski definition) is 2. The maximum Gasteiger partial charge on any atom is 0.242 e. The van der Waals surface area contributed by atoms with E-state index in [0.717, 1.165) is 44.5 Å². The molecule has 1 saturated carbocycles. The van der Waals surface area contributed by atoms with Crippen molar-refractivity contribution in [2.75, 3.05) is 25.0 Å². The second-order valence-electron chi connectivity index (χ2n) is 6.85. The summed E-state index contributed by atoms with van der Waals surface area (Å²) in [5, 5.41) is 0. The van der Waals surface area contributed by atoms with Gasteiger partial charge in [0.05, 0.1) is 0 Å². The van der Waals surface area contributed by atoms with Gasteiger partial charge in [-0.1, -0.05) is 31.5 Å². The van der Waals surface area contributed by atoms with E-state index in [1.165, 1.54) is 5.56 Å². The van der Waals surface area contributed by atoms with E-state index in [1.54, 1.807) is 4.90 Å². The summed E-state index contributed by atoms with van der Waals surface area (Å²) in [7, 11) is 1.83. The third-order valence-corrected chi connectivity index (χ3v) is 5.12. The molecule has 1 heterocycles. The van der Waals surface area contributed by atoms with Crippen LogP contribution < -0.4 is 4.90 Å². The van der Waals surface area contributed by atoms with Crippen LogP contribution in [-0.2, 0) is 16.0 Å². The van der Waals surface area contributed by atoms with E-state index in [9.17, 15) is 9.59 Å². The monoisotopic (exact) mass is 314 g/mol. The maximum atomic E-state index is 13.1. The third kappa shape index (κ3) is 2.87. The Balaban J connectivity index is 1.79. The highest BCUT2D eigenvalue weighted by Crippen LogP contribution is 2.50. The number of carbonyl (C=O) groups is 2. The number of rotatable bonds is 5. The van der Waals surface area contributed by atoms with E-state index in [0.29, 0.717) is 12.8 Å². The highest BCUT2D eigenvalue weighted by molar-refractivity contribution is 6.14. The first-order chi connectivity index (χ1) is 11.1. The lowest BCUT2D eigenvalue weighted by Gasteiger charge is -2.33. The lowest BCUT2D eigenvalue weighted by molar-refractivity contribution is -0.142.